The number of rotatable bonds is 4. The van der Waals surface area contributed by atoms with E-state index >= 15 is 0 Å². The van der Waals surface area contributed by atoms with E-state index in [4.69, 9.17) is 15.2 Å². The molecule has 0 bridgehead atoms. The van der Waals surface area contributed by atoms with Crippen molar-refractivity contribution in [3.8, 4) is 5.75 Å². The number of carbonyl (C=O) groups excluding carboxylic acids is 1. The highest BCUT2D eigenvalue weighted by molar-refractivity contribution is 5.95. The summed E-state index contributed by atoms with van der Waals surface area (Å²) >= 11 is 0. The van der Waals surface area contributed by atoms with Gasteiger partial charge in [0.1, 0.15) is 5.75 Å². The van der Waals surface area contributed by atoms with Gasteiger partial charge in [-0.05, 0) is 38.5 Å². The summed E-state index contributed by atoms with van der Waals surface area (Å²) in [5.41, 5.74) is 7.44. The Labute approximate surface area is 95.3 Å². The van der Waals surface area contributed by atoms with Gasteiger partial charge in [0.25, 0.3) is 0 Å². The van der Waals surface area contributed by atoms with Gasteiger partial charge in [0.15, 0.2) is 0 Å². The van der Waals surface area contributed by atoms with E-state index in [1.54, 1.807) is 19.1 Å². The zero-order valence-corrected chi connectivity index (χ0v) is 9.87. The van der Waals surface area contributed by atoms with Gasteiger partial charge >= 0.3 is 5.97 Å². The van der Waals surface area contributed by atoms with Gasteiger partial charge in [0.2, 0.25) is 0 Å². The van der Waals surface area contributed by atoms with Crippen molar-refractivity contribution in [3.63, 3.8) is 0 Å². The number of hydrogen-bond acceptors (Lipinski definition) is 4. The van der Waals surface area contributed by atoms with Crippen molar-refractivity contribution in [2.75, 3.05) is 18.9 Å². The van der Waals surface area contributed by atoms with Crippen LogP contribution in [0, 0.1) is 6.92 Å². The monoisotopic (exact) mass is 223 g/mol. The summed E-state index contributed by atoms with van der Waals surface area (Å²) in [6.07, 6.45) is 0. The molecular formula is C12H17NO3. The van der Waals surface area contributed by atoms with Gasteiger partial charge in [-0.1, -0.05) is 0 Å². The predicted octanol–water partition coefficient (Wildman–Crippen LogP) is 2.15. The van der Waals surface area contributed by atoms with E-state index in [0.29, 0.717) is 30.2 Å². The average Bonchev–Trinajstić information content (AvgIpc) is 2.22. The molecule has 1 aromatic rings. The lowest BCUT2D eigenvalue weighted by molar-refractivity contribution is 0.0527. The fourth-order valence-electron chi connectivity index (χ4n) is 1.41. The van der Waals surface area contributed by atoms with E-state index in [1.165, 1.54) is 0 Å². The molecule has 88 valence electrons. The van der Waals surface area contributed by atoms with Crippen LogP contribution in [-0.4, -0.2) is 19.2 Å². The number of nitrogens with two attached hydrogens (primary N) is 1. The topological polar surface area (TPSA) is 61.5 Å². The van der Waals surface area contributed by atoms with Crippen LogP contribution in [0.4, 0.5) is 5.69 Å². The van der Waals surface area contributed by atoms with Crippen LogP contribution >= 0.6 is 0 Å². The Kier molecular flexibility index (Phi) is 4.17. The van der Waals surface area contributed by atoms with Crippen molar-refractivity contribution < 1.29 is 14.3 Å². The maximum atomic E-state index is 11.6. The van der Waals surface area contributed by atoms with E-state index < -0.39 is 5.97 Å². The van der Waals surface area contributed by atoms with Crippen molar-refractivity contribution in [1.29, 1.82) is 0 Å². The molecule has 4 heteroatoms. The molecule has 1 rings (SSSR count). The summed E-state index contributed by atoms with van der Waals surface area (Å²) in [6, 6.07) is 3.35. The fourth-order valence-corrected chi connectivity index (χ4v) is 1.41. The summed E-state index contributed by atoms with van der Waals surface area (Å²) in [4.78, 5) is 11.6. The second-order valence-corrected chi connectivity index (χ2v) is 3.36. The second kappa shape index (κ2) is 5.39. The first kappa shape index (κ1) is 12.4. The molecule has 0 saturated heterocycles. The van der Waals surface area contributed by atoms with Gasteiger partial charge in [-0.25, -0.2) is 4.79 Å². The molecule has 0 atom stereocenters. The van der Waals surface area contributed by atoms with Crippen molar-refractivity contribution in [1.82, 2.24) is 0 Å². The molecule has 0 aliphatic heterocycles. The number of hydrogen-bond donors (Lipinski definition) is 1. The van der Waals surface area contributed by atoms with Crippen LogP contribution in [0.3, 0.4) is 0 Å². The third kappa shape index (κ3) is 2.66. The molecule has 16 heavy (non-hydrogen) atoms. The van der Waals surface area contributed by atoms with Crippen LogP contribution in [0.5, 0.6) is 5.75 Å². The largest absolute Gasteiger partial charge is 0.494 e. The molecule has 1 aromatic carbocycles. The Bertz CT molecular complexity index is 388. The number of aryl methyl sites for hydroxylation is 1. The number of anilines is 1. The second-order valence-electron chi connectivity index (χ2n) is 3.36. The smallest absolute Gasteiger partial charge is 0.340 e. The van der Waals surface area contributed by atoms with Crippen LogP contribution in [0.25, 0.3) is 0 Å². The predicted molar refractivity (Wildman–Crippen MR) is 62.7 cm³/mol. The minimum absolute atomic E-state index is 0.329. The number of esters is 1. The molecule has 0 radical (unpaired) electrons. The van der Waals surface area contributed by atoms with Gasteiger partial charge in [-0.2, -0.15) is 0 Å². The fraction of sp³-hybridized carbons (Fsp3) is 0.417. The molecule has 0 aliphatic rings. The third-order valence-corrected chi connectivity index (χ3v) is 2.14. The SMILES string of the molecule is CCOC(=O)c1cc(OCC)c(C)cc1N. The molecule has 0 saturated carbocycles. The van der Waals surface area contributed by atoms with Crippen LogP contribution in [0.15, 0.2) is 12.1 Å². The Morgan fingerprint density at radius 1 is 1.31 bits per heavy atom. The van der Waals surface area contributed by atoms with E-state index in [2.05, 4.69) is 0 Å². The number of carbonyl (C=O) groups is 1. The average molecular weight is 223 g/mol. The minimum Gasteiger partial charge on any atom is -0.494 e. The Hall–Kier alpha value is -1.71. The lowest BCUT2D eigenvalue weighted by Crippen LogP contribution is -2.09. The van der Waals surface area contributed by atoms with Crippen LogP contribution in [0.2, 0.25) is 0 Å². The first-order valence-electron chi connectivity index (χ1n) is 5.30. The zero-order chi connectivity index (χ0) is 12.1. The molecule has 0 unspecified atom stereocenters. The standard InChI is InChI=1S/C12H17NO3/c1-4-15-11-7-9(12(14)16-5-2)10(13)6-8(11)3/h6-7H,4-5,13H2,1-3H3. The molecule has 0 heterocycles. The number of benzene rings is 1. The Morgan fingerprint density at radius 3 is 2.56 bits per heavy atom. The molecule has 0 aromatic heterocycles. The van der Waals surface area contributed by atoms with E-state index in [9.17, 15) is 4.79 Å². The molecule has 0 spiro atoms. The van der Waals surface area contributed by atoms with Crippen molar-refractivity contribution >= 4 is 11.7 Å². The normalized spacial score (nSPS) is 9.94. The number of nitrogen functional groups attached to an aromatic ring is 1. The summed E-state index contributed by atoms with van der Waals surface area (Å²) in [5.74, 6) is 0.251. The number of ether oxygens (including phenoxy) is 2. The lowest BCUT2D eigenvalue weighted by atomic mass is 10.1. The van der Waals surface area contributed by atoms with Gasteiger partial charge in [0.05, 0.1) is 18.8 Å². The summed E-state index contributed by atoms with van der Waals surface area (Å²) in [6.45, 7) is 6.41. The lowest BCUT2D eigenvalue weighted by Gasteiger charge is -2.11. The van der Waals surface area contributed by atoms with Crippen molar-refractivity contribution in [2.24, 2.45) is 0 Å². The van der Waals surface area contributed by atoms with E-state index in [0.717, 1.165) is 5.56 Å². The van der Waals surface area contributed by atoms with Gasteiger partial charge < -0.3 is 15.2 Å². The molecule has 2 N–H and O–H groups in total. The first-order valence-corrected chi connectivity index (χ1v) is 5.30. The highest BCUT2D eigenvalue weighted by Gasteiger charge is 2.13. The summed E-state index contributed by atoms with van der Waals surface area (Å²) < 4.78 is 10.3. The van der Waals surface area contributed by atoms with Crippen LogP contribution < -0.4 is 10.5 Å². The summed E-state index contributed by atoms with van der Waals surface area (Å²) in [5, 5.41) is 0. The highest BCUT2D eigenvalue weighted by atomic mass is 16.5. The quantitative estimate of drug-likeness (QED) is 0.627. The molecule has 0 amide bonds. The van der Waals surface area contributed by atoms with Gasteiger partial charge in [-0.3, -0.25) is 0 Å². The van der Waals surface area contributed by atoms with E-state index in [1.807, 2.05) is 13.8 Å². The Morgan fingerprint density at radius 2 is 2.00 bits per heavy atom. The van der Waals surface area contributed by atoms with E-state index in [-0.39, 0.29) is 0 Å². The summed E-state index contributed by atoms with van der Waals surface area (Å²) in [7, 11) is 0. The maximum absolute atomic E-state index is 11.6. The molecule has 0 aliphatic carbocycles. The maximum Gasteiger partial charge on any atom is 0.340 e. The van der Waals surface area contributed by atoms with Crippen molar-refractivity contribution in [3.05, 3.63) is 23.3 Å². The molecule has 0 fully saturated rings. The first-order chi connectivity index (χ1) is 7.60. The third-order valence-electron chi connectivity index (χ3n) is 2.14. The molecular weight excluding hydrogens is 206 g/mol. The Balaban J connectivity index is 3.08. The van der Waals surface area contributed by atoms with Gasteiger partial charge in [0, 0.05) is 5.69 Å². The van der Waals surface area contributed by atoms with Crippen LogP contribution in [-0.2, 0) is 4.74 Å². The highest BCUT2D eigenvalue weighted by Crippen LogP contribution is 2.25. The van der Waals surface area contributed by atoms with Gasteiger partial charge in [-0.15, -0.1) is 0 Å². The minimum atomic E-state index is -0.416. The zero-order valence-electron chi connectivity index (χ0n) is 9.87. The molecule has 4 nitrogen and oxygen atoms in total. The van der Waals surface area contributed by atoms with Crippen molar-refractivity contribution in [2.45, 2.75) is 20.8 Å². The van der Waals surface area contributed by atoms with Crippen LogP contribution in [0.1, 0.15) is 29.8 Å².